The molecule has 0 saturated heterocycles. The molecule has 2 aromatic carbocycles. The van der Waals surface area contributed by atoms with Crippen molar-refractivity contribution in [3.05, 3.63) is 53.8 Å². The van der Waals surface area contributed by atoms with Crippen molar-refractivity contribution < 1.29 is 14.3 Å². The molecule has 0 saturated carbocycles. The molecule has 0 spiro atoms. The Morgan fingerprint density at radius 3 is 2.50 bits per heavy atom. The molecular weight excluding hydrogens is 259 g/mol. The van der Waals surface area contributed by atoms with Crippen LogP contribution in [0.15, 0.2) is 42.5 Å². The van der Waals surface area contributed by atoms with Crippen LogP contribution in [0.5, 0.6) is 0 Å². The lowest BCUT2D eigenvalue weighted by molar-refractivity contribution is 0.0697. The molecule has 0 radical (unpaired) electrons. The zero-order valence-electron chi connectivity index (χ0n) is 11.0. The number of carboxylic acid groups (broad SMARTS) is 1. The number of anilines is 3. The van der Waals surface area contributed by atoms with E-state index in [1.54, 1.807) is 29.2 Å². The second-order valence-corrected chi connectivity index (χ2v) is 4.27. The highest BCUT2D eigenvalue weighted by molar-refractivity contribution is 5.91. The Balaban J connectivity index is 2.48. The van der Waals surface area contributed by atoms with E-state index in [4.69, 9.17) is 10.8 Å². The minimum absolute atomic E-state index is 0.107. The number of hydrogen-bond acceptors (Lipinski definition) is 3. The number of aromatic carboxylic acids is 1. The average molecular weight is 274 g/mol. The molecule has 0 atom stereocenters. The highest BCUT2D eigenvalue weighted by atomic mass is 19.1. The molecule has 104 valence electrons. The summed E-state index contributed by atoms with van der Waals surface area (Å²) in [7, 11) is 0. The van der Waals surface area contributed by atoms with Crippen molar-refractivity contribution in [3.63, 3.8) is 0 Å². The molecule has 3 N–H and O–H groups in total. The Hall–Kier alpha value is -2.56. The molecule has 2 aromatic rings. The van der Waals surface area contributed by atoms with Crippen LogP contribution in [-0.4, -0.2) is 17.6 Å². The van der Waals surface area contributed by atoms with Crippen LogP contribution in [0.3, 0.4) is 0 Å². The SMILES string of the molecule is CCN(c1ccc(C(=O)O)cc1N)c1ccccc1F. The lowest BCUT2D eigenvalue weighted by Crippen LogP contribution is -2.19. The summed E-state index contributed by atoms with van der Waals surface area (Å²) in [5.41, 5.74) is 7.30. The van der Waals surface area contributed by atoms with Gasteiger partial charge in [0.05, 0.1) is 22.6 Å². The van der Waals surface area contributed by atoms with Gasteiger partial charge in [-0.25, -0.2) is 9.18 Å². The number of nitrogen functional groups attached to an aromatic ring is 1. The van der Waals surface area contributed by atoms with Crippen LogP contribution in [-0.2, 0) is 0 Å². The second-order valence-electron chi connectivity index (χ2n) is 4.27. The molecule has 4 nitrogen and oxygen atoms in total. The minimum Gasteiger partial charge on any atom is -0.478 e. The smallest absolute Gasteiger partial charge is 0.335 e. The molecule has 0 aromatic heterocycles. The van der Waals surface area contributed by atoms with Crippen LogP contribution in [0.1, 0.15) is 17.3 Å². The van der Waals surface area contributed by atoms with Crippen molar-refractivity contribution in [2.45, 2.75) is 6.92 Å². The number of nitrogens with zero attached hydrogens (tertiary/aromatic N) is 1. The van der Waals surface area contributed by atoms with E-state index < -0.39 is 5.97 Å². The summed E-state index contributed by atoms with van der Waals surface area (Å²) in [5.74, 6) is -1.40. The third kappa shape index (κ3) is 2.56. The molecule has 0 unspecified atom stereocenters. The topological polar surface area (TPSA) is 66.6 Å². The number of carboxylic acids is 1. The van der Waals surface area contributed by atoms with Crippen molar-refractivity contribution in [1.29, 1.82) is 0 Å². The molecular formula is C15H15FN2O2. The van der Waals surface area contributed by atoms with Gasteiger partial charge >= 0.3 is 5.97 Å². The Labute approximate surface area is 116 Å². The summed E-state index contributed by atoms with van der Waals surface area (Å²) in [6.07, 6.45) is 0. The van der Waals surface area contributed by atoms with E-state index in [1.165, 1.54) is 18.2 Å². The van der Waals surface area contributed by atoms with Crippen molar-refractivity contribution in [1.82, 2.24) is 0 Å². The zero-order chi connectivity index (χ0) is 14.7. The Morgan fingerprint density at radius 2 is 1.95 bits per heavy atom. The van der Waals surface area contributed by atoms with Gasteiger partial charge in [-0.2, -0.15) is 0 Å². The summed E-state index contributed by atoms with van der Waals surface area (Å²) in [5, 5.41) is 8.93. The van der Waals surface area contributed by atoms with E-state index >= 15 is 0 Å². The molecule has 0 aliphatic rings. The predicted octanol–water partition coefficient (Wildman–Crippen LogP) is 3.26. The molecule has 0 fully saturated rings. The van der Waals surface area contributed by atoms with Crippen molar-refractivity contribution >= 4 is 23.0 Å². The lowest BCUT2D eigenvalue weighted by atomic mass is 10.1. The number of nitrogens with two attached hydrogens (primary N) is 1. The third-order valence-corrected chi connectivity index (χ3v) is 3.02. The van der Waals surface area contributed by atoms with E-state index in [2.05, 4.69) is 0 Å². The van der Waals surface area contributed by atoms with Gasteiger partial charge in [-0.05, 0) is 37.3 Å². The number of benzene rings is 2. The Bertz CT molecular complexity index is 644. The standard InChI is InChI=1S/C15H15FN2O2/c1-2-18(13-6-4-3-5-11(13)16)14-8-7-10(15(19)20)9-12(14)17/h3-9H,2,17H2,1H3,(H,19,20). The molecule has 0 amide bonds. The predicted molar refractivity (Wildman–Crippen MR) is 76.9 cm³/mol. The number of hydrogen-bond donors (Lipinski definition) is 2. The van der Waals surface area contributed by atoms with E-state index in [1.807, 2.05) is 6.92 Å². The fourth-order valence-electron chi connectivity index (χ4n) is 2.07. The molecule has 5 heteroatoms. The number of para-hydroxylation sites is 1. The number of rotatable bonds is 4. The Morgan fingerprint density at radius 1 is 1.25 bits per heavy atom. The maximum Gasteiger partial charge on any atom is 0.335 e. The van der Waals surface area contributed by atoms with Crippen LogP contribution in [0.4, 0.5) is 21.5 Å². The highest BCUT2D eigenvalue weighted by Crippen LogP contribution is 2.32. The molecule has 0 aliphatic heterocycles. The van der Waals surface area contributed by atoms with Gasteiger partial charge in [0.25, 0.3) is 0 Å². The van der Waals surface area contributed by atoms with Gasteiger partial charge in [-0.1, -0.05) is 12.1 Å². The summed E-state index contributed by atoms with van der Waals surface area (Å²) in [4.78, 5) is 12.6. The normalized spacial score (nSPS) is 10.3. The van der Waals surface area contributed by atoms with Crippen LogP contribution in [0, 0.1) is 5.82 Å². The van der Waals surface area contributed by atoms with Crippen molar-refractivity contribution in [2.75, 3.05) is 17.2 Å². The van der Waals surface area contributed by atoms with Crippen LogP contribution in [0.25, 0.3) is 0 Å². The van der Waals surface area contributed by atoms with Gasteiger partial charge in [0.15, 0.2) is 0 Å². The van der Waals surface area contributed by atoms with E-state index in [0.717, 1.165) is 0 Å². The van der Waals surface area contributed by atoms with Gasteiger partial charge in [-0.15, -0.1) is 0 Å². The quantitative estimate of drug-likeness (QED) is 0.840. The van der Waals surface area contributed by atoms with Gasteiger partial charge in [0.2, 0.25) is 0 Å². The first-order valence-electron chi connectivity index (χ1n) is 6.19. The largest absolute Gasteiger partial charge is 0.478 e. The maximum absolute atomic E-state index is 13.9. The van der Waals surface area contributed by atoms with Crippen LogP contribution in [0.2, 0.25) is 0 Å². The summed E-state index contributed by atoms with van der Waals surface area (Å²) >= 11 is 0. The third-order valence-electron chi connectivity index (χ3n) is 3.02. The zero-order valence-corrected chi connectivity index (χ0v) is 11.0. The fraction of sp³-hybridized carbons (Fsp3) is 0.133. The van der Waals surface area contributed by atoms with Crippen LogP contribution < -0.4 is 10.6 Å². The average Bonchev–Trinajstić information content (AvgIpc) is 2.43. The van der Waals surface area contributed by atoms with Gasteiger partial charge in [-0.3, -0.25) is 0 Å². The van der Waals surface area contributed by atoms with Crippen LogP contribution >= 0.6 is 0 Å². The van der Waals surface area contributed by atoms with E-state index in [-0.39, 0.29) is 11.4 Å². The van der Waals surface area contributed by atoms with Crippen molar-refractivity contribution in [3.8, 4) is 0 Å². The van der Waals surface area contributed by atoms with E-state index in [0.29, 0.717) is 23.6 Å². The molecule has 0 heterocycles. The summed E-state index contributed by atoms with van der Waals surface area (Å²) in [6, 6.07) is 10.8. The fourth-order valence-corrected chi connectivity index (χ4v) is 2.07. The summed E-state index contributed by atoms with van der Waals surface area (Å²) < 4.78 is 13.9. The van der Waals surface area contributed by atoms with Gasteiger partial charge in [0, 0.05) is 6.54 Å². The minimum atomic E-state index is -1.04. The molecule has 0 bridgehead atoms. The first-order valence-corrected chi connectivity index (χ1v) is 6.19. The Kier molecular flexibility index (Phi) is 3.89. The second kappa shape index (κ2) is 5.61. The highest BCUT2D eigenvalue weighted by Gasteiger charge is 2.15. The monoisotopic (exact) mass is 274 g/mol. The summed E-state index contributed by atoms with van der Waals surface area (Å²) in [6.45, 7) is 2.38. The first-order chi connectivity index (χ1) is 9.54. The molecule has 0 aliphatic carbocycles. The first kappa shape index (κ1) is 13.9. The van der Waals surface area contributed by atoms with Gasteiger partial charge in [0.1, 0.15) is 5.82 Å². The van der Waals surface area contributed by atoms with Crippen molar-refractivity contribution in [2.24, 2.45) is 0 Å². The van der Waals surface area contributed by atoms with Gasteiger partial charge < -0.3 is 15.7 Å². The lowest BCUT2D eigenvalue weighted by Gasteiger charge is -2.25. The van der Waals surface area contributed by atoms with E-state index in [9.17, 15) is 9.18 Å². The molecule has 2 rings (SSSR count). The number of halogens is 1. The maximum atomic E-state index is 13.9. The number of carbonyl (C=O) groups is 1. The molecule has 20 heavy (non-hydrogen) atoms.